The molecule has 2 rings (SSSR count). The van der Waals surface area contributed by atoms with Gasteiger partial charge >= 0.3 is 5.97 Å². The smallest absolute Gasteiger partial charge is 0.335 e. The monoisotopic (exact) mass is 310 g/mol. The highest BCUT2D eigenvalue weighted by atomic mass is 16.7. The normalized spacial score (nSPS) is 13.9. The highest BCUT2D eigenvalue weighted by Gasteiger charge is 2.22. The van der Waals surface area contributed by atoms with Gasteiger partial charge < -0.3 is 19.8 Å². The Morgan fingerprint density at radius 1 is 1.05 bits per heavy atom. The number of carbonyl (C=O) groups is 3. The molecule has 2 heterocycles. The Kier molecular flexibility index (Phi) is 4.79. The summed E-state index contributed by atoms with van der Waals surface area (Å²) in [5, 5.41) is 18.6. The Morgan fingerprint density at radius 3 is 2.23 bits per heavy atom. The molecule has 0 fully saturated rings. The molecule has 2 amide bonds. The van der Waals surface area contributed by atoms with Gasteiger partial charge in [-0.15, -0.1) is 4.73 Å². The molecule has 0 saturated carbocycles. The van der Waals surface area contributed by atoms with Gasteiger partial charge in [0.15, 0.2) is 0 Å². The largest absolute Gasteiger partial charge is 0.492 e. The van der Waals surface area contributed by atoms with E-state index in [0.717, 1.165) is 17.0 Å². The first kappa shape index (κ1) is 15.6. The molecule has 22 heavy (non-hydrogen) atoms. The van der Waals surface area contributed by atoms with Gasteiger partial charge in [0.2, 0.25) is 11.8 Å². The lowest BCUT2D eigenvalue weighted by Gasteiger charge is -2.13. The maximum Gasteiger partial charge on any atom is 0.335 e. The first-order valence-corrected chi connectivity index (χ1v) is 6.41. The first-order valence-electron chi connectivity index (χ1n) is 6.41. The summed E-state index contributed by atoms with van der Waals surface area (Å²) in [5.41, 5.74) is 0. The Labute approximate surface area is 124 Å². The molecule has 0 aromatic carbocycles. The number of rotatable bonds is 7. The zero-order chi connectivity index (χ0) is 16.1. The van der Waals surface area contributed by atoms with Crippen LogP contribution in [0.2, 0.25) is 0 Å². The number of carbonyl (C=O) groups excluding carboxylic acids is 3. The molecule has 0 saturated heterocycles. The summed E-state index contributed by atoms with van der Waals surface area (Å²) < 4.78 is 5.71. The van der Waals surface area contributed by atoms with Crippen LogP contribution in [-0.2, 0) is 19.1 Å². The molecule has 1 aliphatic heterocycles. The standard InChI is InChI=1S/C13H14N2O7/c16-9-1-2-10(17)14(9)6-8-21-7-5-13(20)22-15-11(18)3-4-12(15)19/h1-4,18-19H,5-8H2. The highest BCUT2D eigenvalue weighted by Crippen LogP contribution is 2.18. The molecular formula is C13H14N2O7. The summed E-state index contributed by atoms with van der Waals surface area (Å²) in [5.74, 6) is -2.34. The van der Waals surface area contributed by atoms with E-state index in [-0.39, 0.29) is 26.2 Å². The van der Waals surface area contributed by atoms with Crippen molar-refractivity contribution in [1.82, 2.24) is 9.63 Å². The van der Waals surface area contributed by atoms with Crippen LogP contribution in [0.1, 0.15) is 6.42 Å². The van der Waals surface area contributed by atoms with E-state index in [0.29, 0.717) is 4.73 Å². The minimum Gasteiger partial charge on any atom is -0.492 e. The fourth-order valence-electron chi connectivity index (χ4n) is 1.71. The van der Waals surface area contributed by atoms with Crippen molar-refractivity contribution in [2.45, 2.75) is 6.42 Å². The van der Waals surface area contributed by atoms with Crippen molar-refractivity contribution in [2.24, 2.45) is 0 Å². The third-order valence-electron chi connectivity index (χ3n) is 2.80. The zero-order valence-corrected chi connectivity index (χ0v) is 11.5. The van der Waals surface area contributed by atoms with Gasteiger partial charge in [-0.3, -0.25) is 14.5 Å². The fourth-order valence-corrected chi connectivity index (χ4v) is 1.71. The van der Waals surface area contributed by atoms with Crippen molar-refractivity contribution in [3.8, 4) is 11.8 Å². The van der Waals surface area contributed by atoms with E-state index in [1.165, 1.54) is 12.2 Å². The average molecular weight is 310 g/mol. The SMILES string of the molecule is O=C(CCOCCN1C(=O)C=CC1=O)On1c(O)ccc1O. The summed E-state index contributed by atoms with van der Waals surface area (Å²) in [6, 6.07) is 2.33. The van der Waals surface area contributed by atoms with E-state index in [9.17, 15) is 24.6 Å². The lowest BCUT2D eigenvalue weighted by Crippen LogP contribution is -2.33. The number of aromatic nitrogens is 1. The van der Waals surface area contributed by atoms with Crippen LogP contribution in [-0.4, -0.2) is 57.4 Å². The van der Waals surface area contributed by atoms with Crippen LogP contribution in [0.3, 0.4) is 0 Å². The van der Waals surface area contributed by atoms with E-state index >= 15 is 0 Å². The minimum absolute atomic E-state index is 0.00523. The summed E-state index contributed by atoms with van der Waals surface area (Å²) in [7, 11) is 0. The first-order chi connectivity index (χ1) is 10.5. The zero-order valence-electron chi connectivity index (χ0n) is 11.5. The van der Waals surface area contributed by atoms with Crippen LogP contribution in [0.4, 0.5) is 0 Å². The fraction of sp³-hybridized carbons (Fsp3) is 0.308. The van der Waals surface area contributed by atoms with Crippen LogP contribution < -0.4 is 4.84 Å². The summed E-state index contributed by atoms with van der Waals surface area (Å²) >= 11 is 0. The van der Waals surface area contributed by atoms with Crippen molar-refractivity contribution in [2.75, 3.05) is 19.8 Å². The Morgan fingerprint density at radius 2 is 1.64 bits per heavy atom. The van der Waals surface area contributed by atoms with Crippen molar-refractivity contribution < 1.29 is 34.2 Å². The van der Waals surface area contributed by atoms with E-state index in [2.05, 4.69) is 0 Å². The van der Waals surface area contributed by atoms with Gasteiger partial charge in [-0.1, -0.05) is 0 Å². The van der Waals surface area contributed by atoms with Crippen molar-refractivity contribution in [3.63, 3.8) is 0 Å². The maximum atomic E-state index is 11.5. The van der Waals surface area contributed by atoms with Crippen LogP contribution >= 0.6 is 0 Å². The van der Waals surface area contributed by atoms with Gasteiger partial charge in [0.25, 0.3) is 11.8 Å². The molecule has 0 atom stereocenters. The quantitative estimate of drug-likeness (QED) is 0.499. The van der Waals surface area contributed by atoms with Crippen molar-refractivity contribution in [1.29, 1.82) is 0 Å². The molecule has 1 aromatic heterocycles. The summed E-state index contributed by atoms with van der Waals surface area (Å²) in [4.78, 5) is 39.7. The molecule has 1 aliphatic rings. The van der Waals surface area contributed by atoms with Crippen molar-refractivity contribution in [3.05, 3.63) is 24.3 Å². The highest BCUT2D eigenvalue weighted by molar-refractivity contribution is 6.12. The van der Waals surface area contributed by atoms with Gasteiger partial charge in [-0.2, -0.15) is 0 Å². The predicted octanol–water partition coefficient (Wildman–Crippen LogP) is -0.814. The maximum absolute atomic E-state index is 11.5. The van der Waals surface area contributed by atoms with Gasteiger partial charge in [0, 0.05) is 24.3 Å². The van der Waals surface area contributed by atoms with E-state index in [1.54, 1.807) is 0 Å². The lowest BCUT2D eigenvalue weighted by molar-refractivity contribution is -0.147. The van der Waals surface area contributed by atoms with Crippen molar-refractivity contribution >= 4 is 17.8 Å². The Hall–Kier alpha value is -2.81. The van der Waals surface area contributed by atoms with Crippen LogP contribution in [0.25, 0.3) is 0 Å². The molecule has 2 N–H and O–H groups in total. The molecule has 1 aromatic rings. The average Bonchev–Trinajstić information content (AvgIpc) is 2.96. The van der Waals surface area contributed by atoms with E-state index in [4.69, 9.17) is 9.57 Å². The third-order valence-corrected chi connectivity index (χ3v) is 2.80. The molecule has 9 heteroatoms. The number of amides is 2. The number of nitrogens with zero attached hydrogens (tertiary/aromatic N) is 2. The Bertz CT molecular complexity index is 582. The van der Waals surface area contributed by atoms with Crippen LogP contribution in [0.5, 0.6) is 11.8 Å². The second kappa shape index (κ2) is 6.76. The third kappa shape index (κ3) is 3.64. The molecule has 0 radical (unpaired) electrons. The number of aromatic hydroxyl groups is 2. The topological polar surface area (TPSA) is 118 Å². The van der Waals surface area contributed by atoms with Gasteiger partial charge in [-0.25, -0.2) is 4.79 Å². The summed E-state index contributed by atoms with van der Waals surface area (Å²) in [6.45, 7) is 0.191. The lowest BCUT2D eigenvalue weighted by atomic mass is 10.4. The molecular weight excluding hydrogens is 296 g/mol. The summed E-state index contributed by atoms with van der Waals surface area (Å²) in [6.07, 6.45) is 2.22. The molecule has 0 unspecified atom stereocenters. The molecule has 0 aliphatic carbocycles. The number of hydrogen-bond donors (Lipinski definition) is 2. The molecule has 118 valence electrons. The second-order valence-electron chi connectivity index (χ2n) is 4.33. The molecule has 0 spiro atoms. The van der Waals surface area contributed by atoms with Gasteiger partial charge in [-0.05, 0) is 0 Å². The number of imide groups is 1. The number of ether oxygens (including phenoxy) is 1. The second-order valence-corrected chi connectivity index (χ2v) is 4.33. The van der Waals surface area contributed by atoms with E-state index < -0.39 is 29.5 Å². The van der Waals surface area contributed by atoms with Crippen LogP contribution in [0, 0.1) is 0 Å². The minimum atomic E-state index is -0.725. The predicted molar refractivity (Wildman–Crippen MR) is 70.6 cm³/mol. The van der Waals surface area contributed by atoms with Gasteiger partial charge in [0.1, 0.15) is 0 Å². The molecule has 9 nitrogen and oxygen atoms in total. The van der Waals surface area contributed by atoms with E-state index in [1.807, 2.05) is 0 Å². The Balaban J connectivity index is 1.64. The van der Waals surface area contributed by atoms with Crippen LogP contribution in [0.15, 0.2) is 24.3 Å². The molecule has 0 bridgehead atoms. The van der Waals surface area contributed by atoms with Gasteiger partial charge in [0.05, 0.1) is 26.2 Å². The number of hydrogen-bond acceptors (Lipinski definition) is 7.